The van der Waals surface area contributed by atoms with Gasteiger partial charge in [0.25, 0.3) is 5.91 Å². The maximum Gasteiger partial charge on any atom is 0.253 e. The number of aromatic nitrogens is 2. The number of rotatable bonds is 3. The molecule has 4 heteroatoms. The highest BCUT2D eigenvalue weighted by Crippen LogP contribution is 2.25. The van der Waals surface area contributed by atoms with Gasteiger partial charge >= 0.3 is 0 Å². The third-order valence-electron chi connectivity index (χ3n) is 4.39. The first kappa shape index (κ1) is 14.7. The molecule has 3 rings (SSSR count). The summed E-state index contributed by atoms with van der Waals surface area (Å²) in [5.41, 5.74) is 1.97. The van der Waals surface area contributed by atoms with Gasteiger partial charge in [0.1, 0.15) is 5.69 Å². The zero-order valence-corrected chi connectivity index (χ0v) is 12.8. The normalized spacial score (nSPS) is 21.3. The molecule has 1 aliphatic rings. The second-order valence-corrected chi connectivity index (χ2v) is 5.96. The van der Waals surface area contributed by atoms with Crippen molar-refractivity contribution in [2.24, 2.45) is 5.92 Å². The van der Waals surface area contributed by atoms with Crippen LogP contribution in [0.1, 0.15) is 43.0 Å². The lowest BCUT2D eigenvalue weighted by Gasteiger charge is -2.29. The van der Waals surface area contributed by atoms with Gasteiger partial charge in [0.15, 0.2) is 0 Å². The molecule has 2 atom stereocenters. The summed E-state index contributed by atoms with van der Waals surface area (Å²) in [4.78, 5) is 21.3. The third-order valence-corrected chi connectivity index (χ3v) is 4.39. The van der Waals surface area contributed by atoms with Crippen LogP contribution >= 0.6 is 0 Å². The van der Waals surface area contributed by atoms with Crippen molar-refractivity contribution in [3.63, 3.8) is 0 Å². The molecule has 1 amide bonds. The summed E-state index contributed by atoms with van der Waals surface area (Å²) in [5.74, 6) is 0.486. The quantitative estimate of drug-likeness (QED) is 0.943. The molecule has 0 unspecified atom stereocenters. The molecule has 0 aromatic carbocycles. The molecule has 4 nitrogen and oxygen atoms in total. The average molecular weight is 295 g/mol. The lowest BCUT2D eigenvalue weighted by molar-refractivity contribution is 0.0910. The van der Waals surface area contributed by atoms with Crippen LogP contribution < -0.4 is 5.32 Å². The first-order valence-corrected chi connectivity index (χ1v) is 7.93. The van der Waals surface area contributed by atoms with E-state index in [0.717, 1.165) is 12.1 Å². The van der Waals surface area contributed by atoms with Gasteiger partial charge in [-0.1, -0.05) is 25.8 Å². The second kappa shape index (κ2) is 6.69. The first-order chi connectivity index (χ1) is 10.8. The Morgan fingerprint density at radius 2 is 1.91 bits per heavy atom. The van der Waals surface area contributed by atoms with Crippen LogP contribution in [0.3, 0.4) is 0 Å². The number of pyridine rings is 2. The lowest BCUT2D eigenvalue weighted by Crippen LogP contribution is -2.41. The molecule has 1 N–H and O–H groups in total. The number of carbonyl (C=O) groups excluding carboxylic acids is 1. The Labute approximate surface area is 131 Å². The molecule has 1 aliphatic carbocycles. The Hall–Kier alpha value is -2.23. The number of hydrogen-bond donors (Lipinski definition) is 1. The predicted octanol–water partition coefficient (Wildman–Crippen LogP) is 3.45. The lowest BCUT2D eigenvalue weighted by atomic mass is 9.86. The van der Waals surface area contributed by atoms with Crippen LogP contribution in [-0.4, -0.2) is 21.9 Å². The smallest absolute Gasteiger partial charge is 0.253 e. The maximum absolute atomic E-state index is 12.7. The van der Waals surface area contributed by atoms with E-state index in [4.69, 9.17) is 0 Å². The summed E-state index contributed by atoms with van der Waals surface area (Å²) in [6.07, 6.45) is 8.12. The van der Waals surface area contributed by atoms with Gasteiger partial charge in [-0.2, -0.15) is 0 Å². The molecule has 1 saturated carbocycles. The average Bonchev–Trinajstić information content (AvgIpc) is 2.58. The molecular weight excluding hydrogens is 274 g/mol. The number of amides is 1. The highest BCUT2D eigenvalue weighted by molar-refractivity contribution is 5.99. The largest absolute Gasteiger partial charge is 0.349 e. The summed E-state index contributed by atoms with van der Waals surface area (Å²) < 4.78 is 0. The minimum absolute atomic E-state index is 0.0486. The molecular formula is C18H21N3O. The number of hydrogen-bond acceptors (Lipinski definition) is 3. The minimum atomic E-state index is -0.0486. The van der Waals surface area contributed by atoms with E-state index in [1.165, 1.54) is 19.3 Å². The summed E-state index contributed by atoms with van der Waals surface area (Å²) in [6, 6.07) is 9.52. The van der Waals surface area contributed by atoms with Crippen LogP contribution in [0.5, 0.6) is 0 Å². The molecule has 114 valence electrons. The van der Waals surface area contributed by atoms with E-state index >= 15 is 0 Å². The molecule has 0 radical (unpaired) electrons. The van der Waals surface area contributed by atoms with E-state index in [-0.39, 0.29) is 11.9 Å². The Morgan fingerprint density at radius 1 is 1.09 bits per heavy atom. The monoisotopic (exact) mass is 295 g/mol. The van der Waals surface area contributed by atoms with Crippen LogP contribution in [0.4, 0.5) is 0 Å². The van der Waals surface area contributed by atoms with Gasteiger partial charge in [-0.3, -0.25) is 14.8 Å². The number of nitrogens with zero attached hydrogens (tertiary/aromatic N) is 2. The molecule has 22 heavy (non-hydrogen) atoms. The first-order valence-electron chi connectivity index (χ1n) is 7.93. The summed E-state index contributed by atoms with van der Waals surface area (Å²) in [7, 11) is 0. The fraction of sp³-hybridized carbons (Fsp3) is 0.389. The number of carbonyl (C=O) groups is 1. The van der Waals surface area contributed by atoms with Crippen LogP contribution in [0, 0.1) is 5.92 Å². The van der Waals surface area contributed by atoms with E-state index < -0.39 is 0 Å². The van der Waals surface area contributed by atoms with Crippen LogP contribution in [0.25, 0.3) is 11.4 Å². The van der Waals surface area contributed by atoms with Crippen molar-refractivity contribution in [3.8, 4) is 11.4 Å². The number of nitrogens with one attached hydrogen (secondary N) is 1. The van der Waals surface area contributed by atoms with Gasteiger partial charge in [-0.15, -0.1) is 0 Å². The molecule has 0 saturated heterocycles. The summed E-state index contributed by atoms with van der Waals surface area (Å²) in [6.45, 7) is 2.22. The van der Waals surface area contributed by atoms with Crippen molar-refractivity contribution in [1.29, 1.82) is 0 Å². The molecule has 0 spiro atoms. The van der Waals surface area contributed by atoms with Crippen LogP contribution in [0.2, 0.25) is 0 Å². The zero-order valence-electron chi connectivity index (χ0n) is 12.8. The fourth-order valence-corrected chi connectivity index (χ4v) is 3.07. The Kier molecular flexibility index (Phi) is 4.47. The summed E-state index contributed by atoms with van der Waals surface area (Å²) in [5, 5.41) is 3.19. The highest BCUT2D eigenvalue weighted by Gasteiger charge is 2.24. The molecule has 2 aromatic rings. The van der Waals surface area contributed by atoms with E-state index in [9.17, 15) is 4.79 Å². The van der Waals surface area contributed by atoms with Crippen molar-refractivity contribution >= 4 is 5.91 Å². The molecule has 0 aliphatic heterocycles. The van der Waals surface area contributed by atoms with Crippen molar-refractivity contribution in [2.75, 3.05) is 0 Å². The van der Waals surface area contributed by atoms with E-state index in [2.05, 4.69) is 22.2 Å². The minimum Gasteiger partial charge on any atom is -0.349 e. The van der Waals surface area contributed by atoms with E-state index in [1.54, 1.807) is 18.5 Å². The zero-order chi connectivity index (χ0) is 15.4. The van der Waals surface area contributed by atoms with Gasteiger partial charge in [0.05, 0.1) is 11.3 Å². The van der Waals surface area contributed by atoms with Crippen LogP contribution in [-0.2, 0) is 0 Å². The van der Waals surface area contributed by atoms with E-state index in [0.29, 0.717) is 17.2 Å². The molecule has 1 fully saturated rings. The highest BCUT2D eigenvalue weighted by atomic mass is 16.1. The summed E-state index contributed by atoms with van der Waals surface area (Å²) >= 11 is 0. The third kappa shape index (κ3) is 3.16. The Balaban J connectivity index is 1.84. The van der Waals surface area contributed by atoms with Gasteiger partial charge in [0.2, 0.25) is 0 Å². The van der Waals surface area contributed by atoms with E-state index in [1.807, 2.05) is 24.3 Å². The topological polar surface area (TPSA) is 54.9 Å². The second-order valence-electron chi connectivity index (χ2n) is 5.96. The van der Waals surface area contributed by atoms with Crippen molar-refractivity contribution in [3.05, 3.63) is 48.3 Å². The molecule has 2 aromatic heterocycles. The van der Waals surface area contributed by atoms with Crippen molar-refractivity contribution in [1.82, 2.24) is 15.3 Å². The SMILES string of the molecule is C[C@H]1CCCC[C@H]1NC(=O)c1cccnc1-c1ccccn1. The van der Waals surface area contributed by atoms with Gasteiger partial charge in [-0.05, 0) is 43.0 Å². The maximum atomic E-state index is 12.7. The van der Waals surface area contributed by atoms with Gasteiger partial charge in [-0.25, -0.2) is 0 Å². The Morgan fingerprint density at radius 3 is 2.68 bits per heavy atom. The standard InChI is InChI=1S/C18H21N3O/c1-13-7-2-3-9-15(13)21-18(22)14-8-6-12-20-17(14)16-10-4-5-11-19-16/h4-6,8,10-13,15H,2-3,7,9H2,1H3,(H,21,22)/t13-,15+/m0/s1. The van der Waals surface area contributed by atoms with Gasteiger partial charge in [0, 0.05) is 18.4 Å². The predicted molar refractivity (Wildman–Crippen MR) is 86.4 cm³/mol. The van der Waals surface area contributed by atoms with Crippen LogP contribution in [0.15, 0.2) is 42.7 Å². The van der Waals surface area contributed by atoms with Crippen molar-refractivity contribution < 1.29 is 4.79 Å². The molecule has 0 bridgehead atoms. The van der Waals surface area contributed by atoms with Crippen molar-refractivity contribution in [2.45, 2.75) is 38.6 Å². The Bertz CT molecular complexity index is 642. The fourth-order valence-electron chi connectivity index (χ4n) is 3.07. The van der Waals surface area contributed by atoms with Gasteiger partial charge < -0.3 is 5.32 Å². The molecule has 2 heterocycles.